The van der Waals surface area contributed by atoms with Crippen LogP contribution in [0.25, 0.3) is 0 Å². The van der Waals surface area contributed by atoms with Crippen molar-refractivity contribution in [2.75, 3.05) is 44.2 Å². The van der Waals surface area contributed by atoms with Crippen molar-refractivity contribution in [3.63, 3.8) is 0 Å². The highest BCUT2D eigenvalue weighted by Gasteiger charge is 2.38. The Labute approximate surface area is 245 Å². The number of nitriles is 1. The van der Waals surface area contributed by atoms with E-state index >= 15 is 0 Å². The fourth-order valence-corrected chi connectivity index (χ4v) is 7.11. The van der Waals surface area contributed by atoms with Crippen LogP contribution in [-0.4, -0.2) is 88.4 Å². The van der Waals surface area contributed by atoms with E-state index in [1.165, 1.54) is 17.2 Å². The maximum atomic E-state index is 13.1. The van der Waals surface area contributed by atoms with Gasteiger partial charge in [-0.25, -0.2) is 8.78 Å². The predicted octanol–water partition coefficient (Wildman–Crippen LogP) is 3.70. The number of hydrogen-bond acceptors (Lipinski definition) is 8. The van der Waals surface area contributed by atoms with E-state index in [4.69, 9.17) is 14.7 Å². The van der Waals surface area contributed by atoms with E-state index in [0.717, 1.165) is 42.8 Å². The molecule has 2 aromatic rings. The number of carbonyl (C=O) groups is 1. The molecule has 0 bridgehead atoms. The number of benzene rings is 1. The number of aryl methyl sites for hydroxylation is 1. The summed E-state index contributed by atoms with van der Waals surface area (Å²) in [5.41, 5.74) is 4.71. The van der Waals surface area contributed by atoms with Crippen molar-refractivity contribution < 1.29 is 18.3 Å². The number of halogens is 2. The Morgan fingerprint density at radius 3 is 2.83 bits per heavy atom. The molecule has 42 heavy (non-hydrogen) atoms. The van der Waals surface area contributed by atoms with Gasteiger partial charge in [-0.3, -0.25) is 14.6 Å². The van der Waals surface area contributed by atoms with Gasteiger partial charge in [0.15, 0.2) is 0 Å². The molecule has 1 unspecified atom stereocenters. The summed E-state index contributed by atoms with van der Waals surface area (Å²) < 4.78 is 32.4. The quantitative estimate of drug-likeness (QED) is 0.417. The molecule has 3 atom stereocenters. The van der Waals surface area contributed by atoms with E-state index in [-0.39, 0.29) is 43.6 Å². The zero-order valence-electron chi connectivity index (χ0n) is 23.8. The predicted molar refractivity (Wildman–Crippen MR) is 153 cm³/mol. The summed E-state index contributed by atoms with van der Waals surface area (Å²) in [7, 11) is 0. The van der Waals surface area contributed by atoms with E-state index in [0.29, 0.717) is 45.3 Å². The van der Waals surface area contributed by atoms with Gasteiger partial charge >= 0.3 is 6.01 Å². The number of amides is 1. The van der Waals surface area contributed by atoms with Crippen LogP contribution in [0.3, 0.4) is 0 Å². The van der Waals surface area contributed by atoms with Crippen LogP contribution in [0.4, 0.5) is 14.6 Å². The molecule has 2 saturated heterocycles. The summed E-state index contributed by atoms with van der Waals surface area (Å²) in [6.07, 6.45) is 2.89. The largest absolute Gasteiger partial charge is 0.462 e. The molecule has 2 fully saturated rings. The van der Waals surface area contributed by atoms with E-state index < -0.39 is 6.43 Å². The Morgan fingerprint density at radius 1 is 1.17 bits per heavy atom. The van der Waals surface area contributed by atoms with Gasteiger partial charge in [0.25, 0.3) is 6.43 Å². The molecule has 0 N–H and O–H groups in total. The lowest BCUT2D eigenvalue weighted by Gasteiger charge is -2.41. The Kier molecular flexibility index (Phi) is 8.36. The van der Waals surface area contributed by atoms with Gasteiger partial charge in [0, 0.05) is 50.4 Å². The molecule has 1 amide bonds. The minimum absolute atomic E-state index is 0.0979. The topological polar surface area (TPSA) is 88.8 Å². The van der Waals surface area contributed by atoms with Gasteiger partial charge in [0.05, 0.1) is 30.8 Å². The SMILES string of the molecule is C=CC(=O)N1CCN(c2nc(OC[C@@H]3CCCN3CC(F)F)nc3c2CN(C2CCc4ccccc42)C3)C[C@@H]1CC#N. The number of rotatable bonds is 9. The highest BCUT2D eigenvalue weighted by Crippen LogP contribution is 2.42. The van der Waals surface area contributed by atoms with Crippen LogP contribution in [0.5, 0.6) is 6.01 Å². The Hall–Kier alpha value is -3.62. The average Bonchev–Trinajstić information content (AvgIpc) is 3.73. The van der Waals surface area contributed by atoms with E-state index in [2.05, 4.69) is 46.7 Å². The number of likely N-dealkylation sites (tertiary alicyclic amines) is 1. The maximum absolute atomic E-state index is 13.1. The first-order valence-electron chi connectivity index (χ1n) is 14.9. The Bertz CT molecular complexity index is 1370. The molecule has 4 aliphatic rings. The molecule has 0 saturated carbocycles. The lowest BCUT2D eigenvalue weighted by molar-refractivity contribution is -0.128. The summed E-state index contributed by atoms with van der Waals surface area (Å²) in [5.74, 6) is 0.594. The second kappa shape index (κ2) is 12.3. The zero-order chi connectivity index (χ0) is 29.2. The molecule has 0 spiro atoms. The fourth-order valence-electron chi connectivity index (χ4n) is 7.11. The number of anilines is 1. The summed E-state index contributed by atoms with van der Waals surface area (Å²) in [6.45, 7) is 7.11. The van der Waals surface area contributed by atoms with E-state index in [1.807, 2.05) is 0 Å². The number of aromatic nitrogens is 2. The van der Waals surface area contributed by atoms with Crippen molar-refractivity contribution in [2.45, 2.75) is 69.7 Å². The third-order valence-corrected chi connectivity index (χ3v) is 9.15. The third kappa shape index (κ3) is 5.70. The smallest absolute Gasteiger partial charge is 0.318 e. The maximum Gasteiger partial charge on any atom is 0.318 e. The first kappa shape index (κ1) is 28.5. The van der Waals surface area contributed by atoms with E-state index in [1.54, 1.807) is 9.80 Å². The van der Waals surface area contributed by atoms with E-state index in [9.17, 15) is 18.8 Å². The average molecular weight is 578 g/mol. The number of hydrogen-bond donors (Lipinski definition) is 0. The monoisotopic (exact) mass is 577 g/mol. The second-order valence-corrected chi connectivity index (χ2v) is 11.6. The molecular formula is C31H37F2N7O2. The summed E-state index contributed by atoms with van der Waals surface area (Å²) in [5, 5.41) is 9.50. The number of carbonyl (C=O) groups excluding carboxylic acids is 1. The summed E-state index contributed by atoms with van der Waals surface area (Å²) in [6, 6.07) is 11.0. The minimum Gasteiger partial charge on any atom is -0.462 e. The number of fused-ring (bicyclic) bond motifs is 2. The molecule has 1 aromatic heterocycles. The fraction of sp³-hybridized carbons (Fsp3) is 0.548. The van der Waals surface area contributed by atoms with Crippen LogP contribution in [0.1, 0.15) is 54.1 Å². The lowest BCUT2D eigenvalue weighted by Crippen LogP contribution is -2.55. The molecule has 1 aromatic carbocycles. The van der Waals surface area contributed by atoms with Gasteiger partial charge in [-0.15, -0.1) is 0 Å². The first-order valence-corrected chi connectivity index (χ1v) is 14.9. The lowest BCUT2D eigenvalue weighted by atomic mass is 10.1. The van der Waals surface area contributed by atoms with Crippen LogP contribution >= 0.6 is 0 Å². The Balaban J connectivity index is 1.27. The molecule has 11 heteroatoms. The van der Waals surface area contributed by atoms with Gasteiger partial charge in [-0.1, -0.05) is 30.8 Å². The zero-order valence-corrected chi connectivity index (χ0v) is 23.8. The van der Waals surface area contributed by atoms with Gasteiger partial charge in [0.2, 0.25) is 5.91 Å². The highest BCUT2D eigenvalue weighted by atomic mass is 19.3. The number of piperazine rings is 1. The summed E-state index contributed by atoms with van der Waals surface area (Å²) >= 11 is 0. The van der Waals surface area contributed by atoms with Crippen LogP contribution < -0.4 is 9.64 Å². The highest BCUT2D eigenvalue weighted by molar-refractivity contribution is 5.87. The van der Waals surface area contributed by atoms with Crippen molar-refractivity contribution in [3.05, 3.63) is 59.3 Å². The standard InChI is InChI=1S/C31H37F2N7O2/c1-2-29(41)40-15-14-38(16-22(40)11-12-34)30-25-17-39(27-10-9-21-6-3-4-8-24(21)27)18-26(25)35-31(36-30)42-20-23-7-5-13-37(23)19-28(32)33/h2-4,6,8,22-23,27-28H,1,5,7,9-11,13-20H2/t22-,23-,27?/m0/s1. The van der Waals surface area contributed by atoms with Crippen molar-refractivity contribution >= 4 is 11.7 Å². The van der Waals surface area contributed by atoms with Crippen molar-refractivity contribution in [3.8, 4) is 12.1 Å². The molecule has 1 aliphatic carbocycles. The minimum atomic E-state index is -2.38. The molecule has 6 rings (SSSR count). The third-order valence-electron chi connectivity index (χ3n) is 9.15. The van der Waals surface area contributed by atoms with Crippen LogP contribution in [-0.2, 0) is 24.3 Å². The Morgan fingerprint density at radius 2 is 2.02 bits per heavy atom. The van der Waals surface area contributed by atoms with Crippen LogP contribution in [0.2, 0.25) is 0 Å². The van der Waals surface area contributed by atoms with Gasteiger partial charge in [-0.05, 0) is 49.4 Å². The van der Waals surface area contributed by atoms with Crippen molar-refractivity contribution in [1.29, 1.82) is 5.26 Å². The molecule has 0 radical (unpaired) electrons. The molecule has 4 heterocycles. The van der Waals surface area contributed by atoms with Gasteiger partial charge in [0.1, 0.15) is 12.4 Å². The number of ether oxygens (including phenoxy) is 1. The molecule has 222 valence electrons. The second-order valence-electron chi connectivity index (χ2n) is 11.6. The summed E-state index contributed by atoms with van der Waals surface area (Å²) in [4.78, 5) is 30.4. The van der Waals surface area contributed by atoms with Crippen molar-refractivity contribution in [1.82, 2.24) is 24.7 Å². The van der Waals surface area contributed by atoms with Gasteiger partial charge < -0.3 is 14.5 Å². The number of nitrogens with zero attached hydrogens (tertiary/aromatic N) is 7. The van der Waals surface area contributed by atoms with Crippen molar-refractivity contribution in [2.24, 2.45) is 0 Å². The molecular weight excluding hydrogens is 540 g/mol. The molecule has 3 aliphatic heterocycles. The van der Waals surface area contributed by atoms with Crippen LogP contribution in [0, 0.1) is 11.3 Å². The first-order chi connectivity index (χ1) is 20.4. The number of alkyl halides is 2. The molecule has 9 nitrogen and oxygen atoms in total. The van der Waals surface area contributed by atoms with Gasteiger partial charge in [-0.2, -0.15) is 15.2 Å². The normalized spacial score (nSPS) is 24.1. The van der Waals surface area contributed by atoms with Crippen LogP contribution in [0.15, 0.2) is 36.9 Å².